The zero-order chi connectivity index (χ0) is 21.2. The predicted octanol–water partition coefficient (Wildman–Crippen LogP) is 2.66. The number of carbonyl (C=O) groups is 2. The van der Waals surface area contributed by atoms with Crippen molar-refractivity contribution in [1.82, 2.24) is 4.72 Å². The van der Waals surface area contributed by atoms with Crippen molar-refractivity contribution in [2.75, 3.05) is 6.61 Å². The number of nitrogens with one attached hydrogen (secondary N) is 1. The molecule has 0 radical (unpaired) electrons. The van der Waals surface area contributed by atoms with Crippen molar-refractivity contribution < 1.29 is 22.7 Å². The second-order valence-electron chi connectivity index (χ2n) is 7.06. The number of ether oxygens (including phenoxy) is 1. The predicted molar refractivity (Wildman–Crippen MR) is 109 cm³/mol. The minimum atomic E-state index is -3.68. The van der Waals surface area contributed by atoms with Crippen LogP contribution in [0.2, 0.25) is 0 Å². The van der Waals surface area contributed by atoms with Crippen LogP contribution in [-0.2, 0) is 19.6 Å². The van der Waals surface area contributed by atoms with E-state index in [2.05, 4.69) is 23.6 Å². The van der Waals surface area contributed by atoms with Crippen LogP contribution in [0.4, 0.5) is 0 Å². The van der Waals surface area contributed by atoms with Crippen LogP contribution in [0, 0.1) is 0 Å². The van der Waals surface area contributed by atoms with E-state index in [1.54, 1.807) is 30.3 Å². The van der Waals surface area contributed by atoms with Gasteiger partial charge in [-0.3, -0.25) is 14.5 Å². The second kappa shape index (κ2) is 8.16. The van der Waals surface area contributed by atoms with Gasteiger partial charge in [-0.05, 0) is 30.5 Å². The molecule has 0 saturated heterocycles. The number of aliphatic imine (C=N–C) groups is 1. The van der Waals surface area contributed by atoms with Crippen molar-refractivity contribution in [3.8, 4) is 0 Å². The summed E-state index contributed by atoms with van der Waals surface area (Å²) >= 11 is 0. The Morgan fingerprint density at radius 3 is 2.34 bits per heavy atom. The average molecular weight is 414 g/mol. The number of hydrogen-bond acceptors (Lipinski definition) is 6. The molecule has 0 unspecified atom stereocenters. The number of carbonyl (C=O) groups excluding carboxylic acids is 2. The molecule has 1 atom stereocenters. The number of benzene rings is 2. The first kappa shape index (κ1) is 20.7. The van der Waals surface area contributed by atoms with Gasteiger partial charge in [-0.2, -0.15) is 0 Å². The van der Waals surface area contributed by atoms with Gasteiger partial charge in [0, 0.05) is 11.1 Å². The van der Waals surface area contributed by atoms with Crippen molar-refractivity contribution in [2.24, 2.45) is 4.99 Å². The molecule has 8 heteroatoms. The molecule has 1 aliphatic heterocycles. The van der Waals surface area contributed by atoms with E-state index in [9.17, 15) is 18.0 Å². The molecule has 7 nitrogen and oxygen atoms in total. The molecule has 2 aromatic rings. The summed E-state index contributed by atoms with van der Waals surface area (Å²) in [6.45, 7) is 5.19. The molecule has 0 bridgehead atoms. The van der Waals surface area contributed by atoms with E-state index in [1.807, 2.05) is 12.1 Å². The summed E-state index contributed by atoms with van der Waals surface area (Å²) in [5.41, 5.74) is 1.97. The van der Waals surface area contributed by atoms with E-state index in [4.69, 9.17) is 4.74 Å². The van der Waals surface area contributed by atoms with Gasteiger partial charge in [0.25, 0.3) is 10.0 Å². The molecule has 29 heavy (non-hydrogen) atoms. The van der Waals surface area contributed by atoms with Crippen molar-refractivity contribution in [3.63, 3.8) is 0 Å². The van der Waals surface area contributed by atoms with Gasteiger partial charge in [-0.15, -0.1) is 0 Å². The molecule has 0 fully saturated rings. The van der Waals surface area contributed by atoms with Gasteiger partial charge < -0.3 is 4.74 Å². The average Bonchev–Trinajstić information content (AvgIpc) is 2.96. The maximum absolute atomic E-state index is 12.2. The van der Waals surface area contributed by atoms with Gasteiger partial charge >= 0.3 is 5.97 Å². The van der Waals surface area contributed by atoms with Gasteiger partial charge in [-0.1, -0.05) is 50.2 Å². The number of fused-ring (bicyclic) bond motifs is 1. The van der Waals surface area contributed by atoms with E-state index in [-0.39, 0.29) is 16.5 Å². The van der Waals surface area contributed by atoms with Gasteiger partial charge in [0.15, 0.2) is 12.4 Å². The summed E-state index contributed by atoms with van der Waals surface area (Å²) in [7, 11) is -3.68. The lowest BCUT2D eigenvalue weighted by Gasteiger charge is -2.09. The zero-order valence-corrected chi connectivity index (χ0v) is 17.2. The van der Waals surface area contributed by atoms with Crippen LogP contribution >= 0.6 is 0 Å². The summed E-state index contributed by atoms with van der Waals surface area (Å²) in [5.74, 6) is -0.593. The Morgan fingerprint density at radius 1 is 1.03 bits per heavy atom. The highest BCUT2D eigenvalue weighted by atomic mass is 32.2. The highest BCUT2D eigenvalue weighted by molar-refractivity contribution is 7.90. The third kappa shape index (κ3) is 4.54. The van der Waals surface area contributed by atoms with Crippen molar-refractivity contribution in [2.45, 2.75) is 37.6 Å². The van der Waals surface area contributed by atoms with Crippen molar-refractivity contribution in [1.29, 1.82) is 0 Å². The summed E-state index contributed by atoms with van der Waals surface area (Å²) in [6, 6.07) is 12.5. The molecule has 3 rings (SSSR count). The number of sulfonamides is 1. The number of hydrogen-bond donors (Lipinski definition) is 1. The fraction of sp³-hybridized carbons (Fsp3) is 0.286. The van der Waals surface area contributed by atoms with Crippen molar-refractivity contribution in [3.05, 3.63) is 65.2 Å². The summed E-state index contributed by atoms with van der Waals surface area (Å²) in [4.78, 5) is 28.7. The van der Waals surface area contributed by atoms with E-state index >= 15 is 0 Å². The standard InChI is InChI=1S/C21H22N2O5S/c1-13(2)15-8-10-16(11-9-15)18(24)12-28-21(25)14(3)22-20-17-6-4-5-7-19(17)29(26,27)23-20/h4-11,13-14H,12H2,1-3H3,(H,22,23)/t14-/m0/s1. The molecule has 0 amide bonds. The van der Waals surface area contributed by atoms with Crippen LogP contribution in [0.25, 0.3) is 0 Å². The first-order valence-corrected chi connectivity index (χ1v) is 10.7. The number of rotatable bonds is 6. The summed E-state index contributed by atoms with van der Waals surface area (Å²) in [6.07, 6.45) is 0. The van der Waals surface area contributed by atoms with Crippen molar-refractivity contribution >= 4 is 27.6 Å². The third-order valence-corrected chi connectivity index (χ3v) is 5.97. The molecule has 2 aromatic carbocycles. The highest BCUT2D eigenvalue weighted by Crippen LogP contribution is 2.22. The molecule has 1 heterocycles. The van der Waals surface area contributed by atoms with Gasteiger partial charge in [0.05, 0.1) is 4.90 Å². The minimum absolute atomic E-state index is 0.0839. The monoisotopic (exact) mass is 414 g/mol. The van der Waals surface area contributed by atoms with Gasteiger partial charge in [0.1, 0.15) is 11.9 Å². The Morgan fingerprint density at radius 2 is 1.69 bits per heavy atom. The first-order valence-electron chi connectivity index (χ1n) is 9.19. The quantitative estimate of drug-likeness (QED) is 0.578. The molecule has 1 aliphatic rings. The fourth-order valence-electron chi connectivity index (χ4n) is 2.87. The maximum atomic E-state index is 12.2. The smallest absolute Gasteiger partial charge is 0.331 e. The van der Waals surface area contributed by atoms with E-state index in [1.165, 1.54) is 13.0 Å². The van der Waals surface area contributed by atoms with E-state index in [0.29, 0.717) is 17.0 Å². The Bertz CT molecular complexity index is 1070. The number of esters is 1. The van der Waals surface area contributed by atoms with Gasteiger partial charge in [-0.25, -0.2) is 13.2 Å². The van der Waals surface area contributed by atoms with Gasteiger partial charge in [0.2, 0.25) is 0 Å². The minimum Gasteiger partial charge on any atom is -0.456 e. The SMILES string of the molecule is CC(C)c1ccc(C(=O)COC(=O)[C@H](C)N=C2NS(=O)(=O)c3ccccc32)cc1. The molecular formula is C21H22N2O5S. The number of ketones is 1. The normalized spacial score (nSPS) is 16.9. The Kier molecular flexibility index (Phi) is 5.83. The molecule has 0 aromatic heterocycles. The molecule has 0 aliphatic carbocycles. The lowest BCUT2D eigenvalue weighted by atomic mass is 10.0. The van der Waals surface area contributed by atoms with Crippen LogP contribution in [0.1, 0.15) is 48.2 Å². The van der Waals surface area contributed by atoms with Crippen LogP contribution in [0.3, 0.4) is 0 Å². The summed E-state index contributed by atoms with van der Waals surface area (Å²) in [5, 5.41) is 0. The largest absolute Gasteiger partial charge is 0.456 e. The summed E-state index contributed by atoms with van der Waals surface area (Å²) < 4.78 is 31.6. The van der Waals surface area contributed by atoms with Crippen LogP contribution in [0.5, 0.6) is 0 Å². The topological polar surface area (TPSA) is 102 Å². The maximum Gasteiger partial charge on any atom is 0.331 e. The molecule has 0 saturated carbocycles. The molecule has 1 N–H and O–H groups in total. The Hall–Kier alpha value is -3.00. The Labute approximate surface area is 169 Å². The van der Waals surface area contributed by atoms with E-state index < -0.39 is 28.6 Å². The molecule has 0 spiro atoms. The first-order chi connectivity index (χ1) is 13.7. The van der Waals surface area contributed by atoms with Crippen LogP contribution < -0.4 is 4.72 Å². The second-order valence-corrected chi connectivity index (χ2v) is 8.71. The third-order valence-electron chi connectivity index (χ3n) is 4.57. The van der Waals surface area contributed by atoms with Crippen LogP contribution in [0.15, 0.2) is 58.4 Å². The lowest BCUT2D eigenvalue weighted by molar-refractivity contribution is -0.143. The molecule has 152 valence electrons. The van der Waals surface area contributed by atoms with Crippen LogP contribution in [-0.4, -0.2) is 38.7 Å². The fourth-order valence-corrected chi connectivity index (χ4v) is 4.11. The number of Topliss-reactive ketones (excluding diaryl/α,β-unsaturated/α-hetero) is 1. The Balaban J connectivity index is 1.64. The zero-order valence-electron chi connectivity index (χ0n) is 16.4. The number of nitrogens with zero attached hydrogens (tertiary/aromatic N) is 1. The van der Waals surface area contributed by atoms with E-state index in [0.717, 1.165) is 5.56 Å². The molecular weight excluding hydrogens is 392 g/mol. The number of amidine groups is 1. The lowest BCUT2D eigenvalue weighted by Crippen LogP contribution is -2.27. The highest BCUT2D eigenvalue weighted by Gasteiger charge is 2.31.